The second-order valence-electron chi connectivity index (χ2n) is 7.49. The van der Waals surface area contributed by atoms with Crippen LogP contribution in [-0.4, -0.2) is 70.2 Å². The second kappa shape index (κ2) is 9.35. The van der Waals surface area contributed by atoms with Crippen molar-refractivity contribution in [3.05, 3.63) is 42.4 Å². The van der Waals surface area contributed by atoms with Gasteiger partial charge in [-0.1, -0.05) is 12.5 Å². The molecular formula is C21H29N5O. The van der Waals surface area contributed by atoms with Crippen molar-refractivity contribution in [1.82, 2.24) is 24.8 Å². The van der Waals surface area contributed by atoms with Crippen molar-refractivity contribution in [2.75, 3.05) is 39.4 Å². The van der Waals surface area contributed by atoms with Gasteiger partial charge in [0.15, 0.2) is 5.82 Å². The van der Waals surface area contributed by atoms with Gasteiger partial charge in [0.25, 0.3) is 0 Å². The fraction of sp³-hybridized carbons (Fsp3) is 0.571. The van der Waals surface area contributed by atoms with Crippen molar-refractivity contribution in [3.8, 4) is 11.5 Å². The van der Waals surface area contributed by atoms with Gasteiger partial charge in [-0.2, -0.15) is 0 Å². The Hall–Kier alpha value is -1.89. The molecule has 0 N–H and O–H groups in total. The maximum atomic E-state index is 5.46. The van der Waals surface area contributed by atoms with Gasteiger partial charge in [0.05, 0.1) is 13.2 Å². The second-order valence-corrected chi connectivity index (χ2v) is 7.49. The summed E-state index contributed by atoms with van der Waals surface area (Å²) in [6.45, 7) is 7.22. The zero-order chi connectivity index (χ0) is 18.3. The summed E-state index contributed by atoms with van der Waals surface area (Å²) < 4.78 is 5.46. The van der Waals surface area contributed by atoms with E-state index in [2.05, 4.69) is 24.8 Å². The minimum absolute atomic E-state index is 0.664. The number of hydrogen-bond donors (Lipinski definition) is 0. The summed E-state index contributed by atoms with van der Waals surface area (Å²) in [7, 11) is 0. The Morgan fingerprint density at radius 3 is 2.63 bits per heavy atom. The van der Waals surface area contributed by atoms with E-state index in [-0.39, 0.29) is 0 Å². The number of piperidine rings is 1. The molecule has 1 atom stereocenters. The average molecular weight is 367 g/mol. The first-order valence-electron chi connectivity index (χ1n) is 10.1. The molecule has 0 aromatic carbocycles. The summed E-state index contributed by atoms with van der Waals surface area (Å²) in [5, 5.41) is 0. The van der Waals surface area contributed by atoms with Crippen LogP contribution in [0.3, 0.4) is 0 Å². The summed E-state index contributed by atoms with van der Waals surface area (Å²) >= 11 is 0. The smallest absolute Gasteiger partial charge is 0.178 e. The molecule has 0 saturated carbocycles. The maximum Gasteiger partial charge on any atom is 0.178 e. The van der Waals surface area contributed by atoms with Gasteiger partial charge in [-0.25, -0.2) is 9.97 Å². The standard InChI is InChI=1S/C21H29N5O/c1-3-8-22-20(6-1)21-23-15-18(16-24-21)17-26-9-4-2-5-19(26)7-10-25-11-13-27-14-12-25/h1,3,6,8,15-16,19H,2,4-5,7,9-14,17H2. The molecule has 0 radical (unpaired) electrons. The van der Waals surface area contributed by atoms with Crippen molar-refractivity contribution in [2.24, 2.45) is 0 Å². The number of morpholine rings is 1. The van der Waals surface area contributed by atoms with Gasteiger partial charge >= 0.3 is 0 Å². The molecule has 2 aliphatic rings. The molecule has 0 spiro atoms. The van der Waals surface area contributed by atoms with Crippen molar-refractivity contribution in [3.63, 3.8) is 0 Å². The molecular weight excluding hydrogens is 338 g/mol. The molecule has 0 amide bonds. The molecule has 6 nitrogen and oxygen atoms in total. The van der Waals surface area contributed by atoms with Crippen LogP contribution in [-0.2, 0) is 11.3 Å². The number of likely N-dealkylation sites (tertiary alicyclic amines) is 1. The Balaban J connectivity index is 1.34. The van der Waals surface area contributed by atoms with Crippen molar-refractivity contribution in [1.29, 1.82) is 0 Å². The lowest BCUT2D eigenvalue weighted by Crippen LogP contribution is -2.43. The average Bonchev–Trinajstić information content (AvgIpc) is 2.75. The quantitative estimate of drug-likeness (QED) is 0.782. The maximum absolute atomic E-state index is 5.46. The van der Waals surface area contributed by atoms with Gasteiger partial charge in [0, 0.05) is 49.8 Å². The van der Waals surface area contributed by atoms with Crippen LogP contribution in [0.5, 0.6) is 0 Å². The summed E-state index contributed by atoms with van der Waals surface area (Å²) in [5.41, 5.74) is 2.01. The summed E-state index contributed by atoms with van der Waals surface area (Å²) in [6.07, 6.45) is 10.9. The summed E-state index contributed by atoms with van der Waals surface area (Å²) in [6, 6.07) is 6.48. The van der Waals surface area contributed by atoms with Crippen molar-refractivity contribution < 1.29 is 4.74 Å². The van der Waals surface area contributed by atoms with Gasteiger partial charge in [-0.3, -0.25) is 14.8 Å². The predicted molar refractivity (Wildman–Crippen MR) is 105 cm³/mol. The highest BCUT2D eigenvalue weighted by atomic mass is 16.5. The van der Waals surface area contributed by atoms with Crippen LogP contribution in [0.2, 0.25) is 0 Å². The van der Waals surface area contributed by atoms with Crippen molar-refractivity contribution >= 4 is 0 Å². The van der Waals surface area contributed by atoms with E-state index in [4.69, 9.17) is 4.74 Å². The fourth-order valence-corrected chi connectivity index (χ4v) is 4.05. The molecule has 2 fully saturated rings. The van der Waals surface area contributed by atoms with Gasteiger partial charge in [-0.05, 0) is 44.5 Å². The van der Waals surface area contributed by atoms with Crippen LogP contribution in [0.4, 0.5) is 0 Å². The molecule has 27 heavy (non-hydrogen) atoms. The third-order valence-corrected chi connectivity index (χ3v) is 5.62. The lowest BCUT2D eigenvalue weighted by molar-refractivity contribution is 0.0302. The van der Waals surface area contributed by atoms with E-state index < -0.39 is 0 Å². The van der Waals surface area contributed by atoms with Crippen LogP contribution < -0.4 is 0 Å². The minimum Gasteiger partial charge on any atom is -0.379 e. The molecule has 4 rings (SSSR count). The van der Waals surface area contributed by atoms with Crippen molar-refractivity contribution in [2.45, 2.75) is 38.3 Å². The zero-order valence-corrected chi connectivity index (χ0v) is 16.0. The highest BCUT2D eigenvalue weighted by molar-refractivity contribution is 5.47. The Kier molecular flexibility index (Phi) is 6.40. The molecule has 0 bridgehead atoms. The Morgan fingerprint density at radius 1 is 1.00 bits per heavy atom. The van der Waals surface area contributed by atoms with E-state index in [9.17, 15) is 0 Å². The van der Waals surface area contributed by atoms with Gasteiger partial charge in [-0.15, -0.1) is 0 Å². The fourth-order valence-electron chi connectivity index (χ4n) is 4.05. The predicted octanol–water partition coefficient (Wildman–Crippen LogP) is 2.62. The first-order chi connectivity index (χ1) is 13.4. The number of nitrogens with zero attached hydrogens (tertiary/aromatic N) is 5. The van der Waals surface area contributed by atoms with E-state index in [1.165, 1.54) is 44.3 Å². The largest absolute Gasteiger partial charge is 0.379 e. The van der Waals surface area contributed by atoms with Crippen LogP contribution in [0.25, 0.3) is 11.5 Å². The van der Waals surface area contributed by atoms with Crippen LogP contribution in [0, 0.1) is 0 Å². The minimum atomic E-state index is 0.664. The molecule has 2 aromatic rings. The topological polar surface area (TPSA) is 54.4 Å². The van der Waals surface area contributed by atoms with E-state index in [1.807, 2.05) is 30.6 Å². The van der Waals surface area contributed by atoms with Gasteiger partial charge in [0.2, 0.25) is 0 Å². The molecule has 1 unspecified atom stereocenters. The normalized spacial score (nSPS) is 22.0. The van der Waals surface area contributed by atoms with Gasteiger partial charge in [0.1, 0.15) is 5.69 Å². The number of rotatable bonds is 6. The lowest BCUT2D eigenvalue weighted by atomic mass is 9.98. The molecule has 4 heterocycles. The van der Waals surface area contributed by atoms with E-state index in [1.54, 1.807) is 6.20 Å². The monoisotopic (exact) mass is 367 g/mol. The van der Waals surface area contributed by atoms with Gasteiger partial charge < -0.3 is 4.74 Å². The molecule has 6 heteroatoms. The van der Waals surface area contributed by atoms with E-state index in [0.29, 0.717) is 11.9 Å². The highest BCUT2D eigenvalue weighted by Gasteiger charge is 2.23. The number of ether oxygens (including phenoxy) is 1. The number of hydrogen-bond acceptors (Lipinski definition) is 6. The first kappa shape index (κ1) is 18.5. The molecule has 2 aromatic heterocycles. The lowest BCUT2D eigenvalue weighted by Gasteiger charge is -2.37. The van der Waals surface area contributed by atoms with E-state index in [0.717, 1.165) is 38.5 Å². The highest BCUT2D eigenvalue weighted by Crippen LogP contribution is 2.22. The third-order valence-electron chi connectivity index (χ3n) is 5.62. The zero-order valence-electron chi connectivity index (χ0n) is 16.0. The first-order valence-corrected chi connectivity index (χ1v) is 10.1. The van der Waals surface area contributed by atoms with Crippen LogP contribution in [0.1, 0.15) is 31.2 Å². The Bertz CT molecular complexity index is 687. The summed E-state index contributed by atoms with van der Waals surface area (Å²) in [4.78, 5) is 18.6. The Labute approximate surface area is 161 Å². The molecule has 2 saturated heterocycles. The number of pyridine rings is 1. The number of aromatic nitrogens is 3. The molecule has 144 valence electrons. The van der Waals surface area contributed by atoms with E-state index >= 15 is 0 Å². The SMILES string of the molecule is c1ccc(-c2ncc(CN3CCCCC3CCN3CCOCC3)cn2)nc1. The Morgan fingerprint density at radius 2 is 1.85 bits per heavy atom. The molecule has 0 aliphatic carbocycles. The molecule has 2 aliphatic heterocycles. The van der Waals surface area contributed by atoms with Crippen LogP contribution in [0.15, 0.2) is 36.8 Å². The third kappa shape index (κ3) is 5.09. The summed E-state index contributed by atoms with van der Waals surface area (Å²) in [5.74, 6) is 0.696. The van der Waals surface area contributed by atoms with Crippen LogP contribution >= 0.6 is 0 Å².